The normalized spacial score (nSPS) is 49.5. The number of nitrogens with one attached hydrogen (secondary N) is 1. The quantitative estimate of drug-likeness (QED) is 0.784. The molecule has 4 saturated carbocycles. The Morgan fingerprint density at radius 3 is 2.26 bits per heavy atom. The molecule has 4 aliphatic carbocycles. The van der Waals surface area contributed by atoms with Gasteiger partial charge in [0.15, 0.2) is 0 Å². The molecule has 1 atom stereocenters. The first kappa shape index (κ1) is 12.2. The zero-order chi connectivity index (χ0) is 13.0. The van der Waals surface area contributed by atoms with E-state index >= 15 is 0 Å². The third kappa shape index (κ3) is 1.84. The minimum absolute atomic E-state index is 0.163. The summed E-state index contributed by atoms with van der Waals surface area (Å²) in [4.78, 5) is 15.1. The van der Waals surface area contributed by atoms with E-state index in [0.717, 1.165) is 37.4 Å². The van der Waals surface area contributed by atoms with Crippen LogP contribution in [0, 0.1) is 23.7 Å². The van der Waals surface area contributed by atoms with Gasteiger partial charge in [-0.2, -0.15) is 0 Å². The van der Waals surface area contributed by atoms with Crippen molar-refractivity contribution in [2.75, 3.05) is 19.6 Å². The fraction of sp³-hybridized carbons (Fsp3) is 0.938. The molecule has 1 unspecified atom stereocenters. The molecule has 1 amide bonds. The molecule has 0 spiro atoms. The van der Waals surface area contributed by atoms with E-state index in [-0.39, 0.29) is 11.5 Å². The van der Waals surface area contributed by atoms with Crippen molar-refractivity contribution in [2.45, 2.75) is 51.0 Å². The van der Waals surface area contributed by atoms with Crippen LogP contribution < -0.4 is 5.32 Å². The van der Waals surface area contributed by atoms with Crippen LogP contribution in [0.5, 0.6) is 0 Å². The van der Waals surface area contributed by atoms with Crippen molar-refractivity contribution in [2.24, 2.45) is 23.7 Å². The Kier molecular flexibility index (Phi) is 2.70. The van der Waals surface area contributed by atoms with Crippen LogP contribution in [0.1, 0.15) is 45.4 Å². The van der Waals surface area contributed by atoms with E-state index in [2.05, 4.69) is 17.1 Å². The second-order valence-corrected chi connectivity index (χ2v) is 7.74. The van der Waals surface area contributed by atoms with Crippen LogP contribution in [-0.2, 0) is 4.79 Å². The second-order valence-electron chi connectivity index (χ2n) is 7.74. The Morgan fingerprint density at radius 2 is 1.68 bits per heavy atom. The van der Waals surface area contributed by atoms with Crippen LogP contribution >= 0.6 is 0 Å². The minimum atomic E-state index is 0.163. The summed E-state index contributed by atoms with van der Waals surface area (Å²) in [6.45, 7) is 4.88. The molecule has 19 heavy (non-hydrogen) atoms. The zero-order valence-corrected chi connectivity index (χ0v) is 12.0. The zero-order valence-electron chi connectivity index (χ0n) is 12.0. The minimum Gasteiger partial charge on any atom is -0.335 e. The molecular weight excluding hydrogens is 236 g/mol. The lowest BCUT2D eigenvalue weighted by Gasteiger charge is -2.60. The van der Waals surface area contributed by atoms with Gasteiger partial charge in [-0.25, -0.2) is 0 Å². The maximum atomic E-state index is 12.7. The van der Waals surface area contributed by atoms with Crippen LogP contribution in [0.15, 0.2) is 0 Å². The monoisotopic (exact) mass is 262 g/mol. The van der Waals surface area contributed by atoms with E-state index in [1.54, 1.807) is 0 Å². The van der Waals surface area contributed by atoms with Crippen molar-refractivity contribution in [1.29, 1.82) is 0 Å². The van der Waals surface area contributed by atoms with Crippen molar-refractivity contribution < 1.29 is 4.79 Å². The van der Waals surface area contributed by atoms with E-state index in [1.165, 1.54) is 38.5 Å². The molecule has 5 fully saturated rings. The number of carbonyl (C=O) groups is 1. The molecule has 1 heterocycles. The van der Waals surface area contributed by atoms with Gasteiger partial charge in [0.2, 0.25) is 5.91 Å². The van der Waals surface area contributed by atoms with Gasteiger partial charge in [0, 0.05) is 31.1 Å². The number of nitrogens with zero attached hydrogens (tertiary/aromatic N) is 1. The molecule has 0 aromatic carbocycles. The molecule has 3 nitrogen and oxygen atoms in total. The lowest BCUT2D eigenvalue weighted by Crippen LogP contribution is -2.62. The van der Waals surface area contributed by atoms with Crippen molar-refractivity contribution in [3.8, 4) is 0 Å². The average Bonchev–Trinajstić information content (AvgIpc) is 2.51. The summed E-state index contributed by atoms with van der Waals surface area (Å²) in [5.41, 5.74) is 0.256. The smallest absolute Gasteiger partial charge is 0.227 e. The molecule has 0 aromatic heterocycles. The molecule has 3 heteroatoms. The Hall–Kier alpha value is -0.570. The van der Waals surface area contributed by atoms with Crippen LogP contribution in [0.4, 0.5) is 0 Å². The predicted octanol–water partition coefficient (Wildman–Crippen LogP) is 2.02. The first-order valence-corrected chi connectivity index (χ1v) is 8.18. The van der Waals surface area contributed by atoms with Gasteiger partial charge in [0.1, 0.15) is 0 Å². The number of rotatable bonds is 1. The lowest BCUT2D eigenvalue weighted by atomic mass is 9.52. The van der Waals surface area contributed by atoms with Crippen LogP contribution in [0.25, 0.3) is 0 Å². The molecule has 0 radical (unpaired) electrons. The molecule has 4 bridgehead atoms. The summed E-state index contributed by atoms with van der Waals surface area (Å²) in [6, 6.07) is 0. The Bertz CT molecular complexity index is 357. The second kappa shape index (κ2) is 4.21. The van der Waals surface area contributed by atoms with Crippen LogP contribution in [0.2, 0.25) is 0 Å². The van der Waals surface area contributed by atoms with Crippen molar-refractivity contribution in [3.05, 3.63) is 0 Å². The SMILES string of the molecule is CC1CNCCN(C23CC4CC(CC(C4)C2)C3)C1=O. The molecule has 1 saturated heterocycles. The Morgan fingerprint density at radius 1 is 1.11 bits per heavy atom. The standard InChI is InChI=1S/C16H26N2O/c1-11-10-17-2-3-18(15(11)19)16-7-12-4-13(8-16)6-14(5-12)9-16/h11-14,17H,2-10H2,1H3. The summed E-state index contributed by atoms with van der Waals surface area (Å²) in [5, 5.41) is 3.43. The Labute approximate surface area is 116 Å². The largest absolute Gasteiger partial charge is 0.335 e. The number of hydrogen-bond acceptors (Lipinski definition) is 2. The van der Waals surface area contributed by atoms with Crippen molar-refractivity contribution in [1.82, 2.24) is 10.2 Å². The Balaban J connectivity index is 1.65. The van der Waals surface area contributed by atoms with Gasteiger partial charge in [0.05, 0.1) is 0 Å². The summed E-state index contributed by atoms with van der Waals surface area (Å²) in [6.07, 6.45) is 8.27. The van der Waals surface area contributed by atoms with Gasteiger partial charge in [-0.3, -0.25) is 4.79 Å². The highest BCUT2D eigenvalue weighted by atomic mass is 16.2. The summed E-state index contributed by atoms with van der Waals surface area (Å²) in [7, 11) is 0. The first-order chi connectivity index (χ1) is 9.16. The molecule has 106 valence electrons. The van der Waals surface area contributed by atoms with E-state index in [0.29, 0.717) is 5.91 Å². The van der Waals surface area contributed by atoms with Gasteiger partial charge >= 0.3 is 0 Å². The molecule has 1 N–H and O–H groups in total. The average molecular weight is 262 g/mol. The van der Waals surface area contributed by atoms with Gasteiger partial charge in [-0.1, -0.05) is 6.92 Å². The first-order valence-electron chi connectivity index (χ1n) is 8.18. The summed E-state index contributed by atoms with van der Waals surface area (Å²) >= 11 is 0. The maximum Gasteiger partial charge on any atom is 0.227 e. The number of hydrogen-bond donors (Lipinski definition) is 1. The fourth-order valence-corrected chi connectivity index (χ4v) is 5.84. The van der Waals surface area contributed by atoms with Crippen molar-refractivity contribution in [3.63, 3.8) is 0 Å². The topological polar surface area (TPSA) is 32.3 Å². The van der Waals surface area contributed by atoms with E-state index in [4.69, 9.17) is 0 Å². The lowest BCUT2D eigenvalue weighted by molar-refractivity contribution is -0.152. The molecular formula is C16H26N2O. The highest BCUT2D eigenvalue weighted by Gasteiger charge is 2.54. The summed E-state index contributed by atoms with van der Waals surface area (Å²) in [5.74, 6) is 3.35. The van der Waals surface area contributed by atoms with Gasteiger partial charge in [-0.15, -0.1) is 0 Å². The number of amides is 1. The van der Waals surface area contributed by atoms with E-state index < -0.39 is 0 Å². The third-order valence-corrected chi connectivity index (χ3v) is 6.23. The van der Waals surface area contributed by atoms with Crippen LogP contribution in [0.3, 0.4) is 0 Å². The molecule has 5 rings (SSSR count). The third-order valence-electron chi connectivity index (χ3n) is 6.23. The molecule has 5 aliphatic rings. The van der Waals surface area contributed by atoms with Crippen molar-refractivity contribution >= 4 is 5.91 Å². The van der Waals surface area contributed by atoms with E-state index in [1.807, 2.05) is 0 Å². The highest BCUT2D eigenvalue weighted by Crippen LogP contribution is 2.57. The molecule has 1 aliphatic heterocycles. The maximum absolute atomic E-state index is 12.7. The fourth-order valence-electron chi connectivity index (χ4n) is 5.84. The summed E-state index contributed by atoms with van der Waals surface area (Å²) < 4.78 is 0. The highest BCUT2D eigenvalue weighted by molar-refractivity contribution is 5.80. The molecule has 0 aromatic rings. The predicted molar refractivity (Wildman–Crippen MR) is 74.6 cm³/mol. The van der Waals surface area contributed by atoms with Crippen LogP contribution in [-0.4, -0.2) is 36.0 Å². The van der Waals surface area contributed by atoms with Gasteiger partial charge in [0.25, 0.3) is 0 Å². The van der Waals surface area contributed by atoms with Gasteiger partial charge in [-0.05, 0) is 56.3 Å². The number of carbonyl (C=O) groups excluding carboxylic acids is 1. The van der Waals surface area contributed by atoms with Gasteiger partial charge < -0.3 is 10.2 Å². The van der Waals surface area contributed by atoms with E-state index in [9.17, 15) is 4.79 Å².